The molecular weight excluding hydrogens is 993 g/mol. The third-order valence-corrected chi connectivity index (χ3v) is 15.4. The van der Waals surface area contributed by atoms with Gasteiger partial charge in [0.1, 0.15) is 16.7 Å². The lowest BCUT2D eigenvalue weighted by Gasteiger charge is -2.30. The van der Waals surface area contributed by atoms with E-state index in [-0.39, 0.29) is 74.9 Å². The van der Waals surface area contributed by atoms with Gasteiger partial charge in [-0.2, -0.15) is 29.8 Å². The third-order valence-electron chi connectivity index (χ3n) is 12.1. The van der Waals surface area contributed by atoms with Crippen molar-refractivity contribution in [1.29, 1.82) is 0 Å². The van der Waals surface area contributed by atoms with Crippen LogP contribution in [0.2, 0.25) is 0 Å². The Kier molecular flexibility index (Phi) is 17.9. The van der Waals surface area contributed by atoms with E-state index in [0.717, 1.165) is 0 Å². The number of amides is 2. The highest BCUT2D eigenvalue weighted by Gasteiger charge is 2.46. The maximum atomic E-state index is 12.7. The van der Waals surface area contributed by atoms with Crippen molar-refractivity contribution < 1.29 is 66.0 Å². The van der Waals surface area contributed by atoms with Gasteiger partial charge in [-0.1, -0.05) is 24.0 Å². The van der Waals surface area contributed by atoms with Crippen molar-refractivity contribution >= 4 is 75.1 Å². The predicted molar refractivity (Wildman–Crippen MR) is 259 cm³/mol. The number of fused-ring (bicyclic) bond motifs is 2. The Morgan fingerprint density at radius 3 is 2.17 bits per heavy atom. The molecule has 2 amide bonds. The van der Waals surface area contributed by atoms with Gasteiger partial charge in [-0.3, -0.25) is 28.2 Å². The number of benzene rings is 2. The van der Waals surface area contributed by atoms with Gasteiger partial charge in [0.15, 0.2) is 5.71 Å². The van der Waals surface area contributed by atoms with Gasteiger partial charge < -0.3 is 20.1 Å². The Hall–Kier alpha value is -5.57. The summed E-state index contributed by atoms with van der Waals surface area (Å²) in [6.07, 6.45) is 8.87. The Morgan fingerprint density at radius 2 is 1.53 bits per heavy atom. The lowest BCUT2D eigenvalue weighted by atomic mass is 9.77. The summed E-state index contributed by atoms with van der Waals surface area (Å²) in [6, 6.07) is 11.3. The van der Waals surface area contributed by atoms with Crippen LogP contribution in [-0.4, -0.2) is 110 Å². The van der Waals surface area contributed by atoms with Crippen LogP contribution in [0.1, 0.15) is 95.4 Å². The number of pyridine rings is 1. The number of anilines is 2. The topological polar surface area (TPSA) is 346 Å². The van der Waals surface area contributed by atoms with Crippen LogP contribution in [0.3, 0.4) is 0 Å². The van der Waals surface area contributed by atoms with Gasteiger partial charge in [0.2, 0.25) is 17.5 Å². The van der Waals surface area contributed by atoms with Gasteiger partial charge in [-0.05, 0) is 106 Å². The fourth-order valence-corrected chi connectivity index (χ4v) is 10.8. The zero-order valence-corrected chi connectivity index (χ0v) is 41.9. The van der Waals surface area contributed by atoms with E-state index in [1.54, 1.807) is 34.9 Å². The van der Waals surface area contributed by atoms with E-state index in [9.17, 15) is 61.5 Å². The van der Waals surface area contributed by atoms with E-state index in [1.165, 1.54) is 42.6 Å². The lowest BCUT2D eigenvalue weighted by molar-refractivity contribution is -0.437. The van der Waals surface area contributed by atoms with E-state index in [0.29, 0.717) is 71.1 Å². The highest BCUT2D eigenvalue weighted by atomic mass is 32.2. The summed E-state index contributed by atoms with van der Waals surface area (Å²) in [7, 11) is -18.2. The van der Waals surface area contributed by atoms with Crippen LogP contribution in [0.15, 0.2) is 93.6 Å². The number of aromatic nitrogens is 1. The molecule has 2 aliphatic heterocycles. The molecule has 26 heteroatoms. The number of hydrogen-bond acceptors (Lipinski definition) is 14. The average molecular weight is 1050 g/mol. The molecule has 1 aromatic heterocycles. The van der Waals surface area contributed by atoms with Crippen LogP contribution in [0.25, 0.3) is 10.4 Å². The van der Waals surface area contributed by atoms with Gasteiger partial charge >= 0.3 is 0 Å². The number of unbranched alkanes of at least 4 members (excludes halogenated alkanes) is 3. The molecule has 0 saturated heterocycles. The van der Waals surface area contributed by atoms with Crippen molar-refractivity contribution in [1.82, 2.24) is 10.3 Å². The highest BCUT2D eigenvalue weighted by Crippen LogP contribution is 2.51. The summed E-state index contributed by atoms with van der Waals surface area (Å²) in [6.45, 7) is 6.02. The molecule has 0 radical (unpaired) electrons. The fraction of sp³-hybridized carbons (Fsp3) is 0.455. The first kappa shape index (κ1) is 55.4. The molecule has 70 heavy (non-hydrogen) atoms. The first-order valence-corrected chi connectivity index (χ1v) is 28.2. The van der Waals surface area contributed by atoms with Gasteiger partial charge in [-0.15, -0.1) is 0 Å². The Balaban J connectivity index is 1.39. The molecule has 0 bridgehead atoms. The van der Waals surface area contributed by atoms with Crippen molar-refractivity contribution in [2.24, 2.45) is 5.11 Å². The summed E-state index contributed by atoms with van der Waals surface area (Å²) in [4.78, 5) is 33.1. The summed E-state index contributed by atoms with van der Waals surface area (Å²) in [5.74, 6) is -1.70. The monoisotopic (exact) mass is 1050 g/mol. The summed E-state index contributed by atoms with van der Waals surface area (Å²) in [5.41, 5.74) is 10.8. The zero-order valence-electron chi connectivity index (χ0n) is 38.7. The lowest BCUT2D eigenvalue weighted by Crippen LogP contribution is -2.30. The third kappa shape index (κ3) is 14.7. The van der Waals surface area contributed by atoms with Crippen LogP contribution >= 0.6 is 0 Å². The predicted octanol–water partition coefficient (Wildman–Crippen LogP) is 5.68. The van der Waals surface area contributed by atoms with E-state index in [2.05, 4.69) is 25.6 Å². The van der Waals surface area contributed by atoms with E-state index in [4.69, 9.17) is 5.53 Å². The second kappa shape index (κ2) is 22.7. The maximum absolute atomic E-state index is 12.7. The van der Waals surface area contributed by atoms with Crippen LogP contribution in [0.5, 0.6) is 0 Å². The highest BCUT2D eigenvalue weighted by molar-refractivity contribution is 7.86. The van der Waals surface area contributed by atoms with E-state index < -0.39 is 67.7 Å². The van der Waals surface area contributed by atoms with Crippen LogP contribution in [0, 0.1) is 0 Å². The van der Waals surface area contributed by atoms with E-state index in [1.807, 2.05) is 25.7 Å². The molecular formula is C44H56N8O14S4. The normalized spacial score (nSPS) is 17.4. The molecule has 3 aromatic rings. The second-order valence-corrected chi connectivity index (χ2v) is 23.6. The Morgan fingerprint density at radius 1 is 0.843 bits per heavy atom. The largest absolute Gasteiger partial charge is 0.744 e. The van der Waals surface area contributed by atoms with Crippen LogP contribution in [-0.2, 0) is 67.4 Å². The number of nitrogens with one attached hydrogen (secondary N) is 2. The van der Waals surface area contributed by atoms with Crippen molar-refractivity contribution in [3.63, 3.8) is 0 Å². The van der Waals surface area contributed by atoms with Gasteiger partial charge in [-0.25, -0.2) is 8.42 Å². The zero-order chi connectivity index (χ0) is 51.7. The Labute approximate surface area is 407 Å². The molecule has 1 atom stereocenters. The van der Waals surface area contributed by atoms with Gasteiger partial charge in [0.25, 0.3) is 30.4 Å². The molecule has 0 saturated carbocycles. The van der Waals surface area contributed by atoms with Gasteiger partial charge in [0.05, 0.1) is 45.1 Å². The molecule has 0 fully saturated rings. The first-order chi connectivity index (χ1) is 32.6. The minimum Gasteiger partial charge on any atom is -0.744 e. The van der Waals surface area contributed by atoms with Crippen LogP contribution in [0.4, 0.5) is 17.1 Å². The number of azide groups is 1. The van der Waals surface area contributed by atoms with Gasteiger partial charge in [0, 0.05) is 77.5 Å². The molecule has 5 N–H and O–H groups in total. The van der Waals surface area contributed by atoms with Crippen molar-refractivity contribution in [3.8, 4) is 0 Å². The second-order valence-electron chi connectivity index (χ2n) is 17.6. The summed E-state index contributed by atoms with van der Waals surface area (Å²) >= 11 is 0. The Bertz CT molecular complexity index is 3080. The molecule has 2 aromatic carbocycles. The number of nitrogens with zero attached hydrogens (tertiary/aromatic N) is 6. The minimum absolute atomic E-state index is 0.00118. The first-order valence-electron chi connectivity index (χ1n) is 22.1. The molecule has 5 rings (SSSR count). The number of hydrogen-bond donors (Lipinski definition) is 5. The molecule has 3 heterocycles. The summed E-state index contributed by atoms with van der Waals surface area (Å²) < 4.78 is 139. The molecule has 0 aliphatic carbocycles. The molecule has 380 valence electrons. The quantitative estimate of drug-likeness (QED) is 0.0170. The molecule has 1 unspecified atom stereocenters. The molecule has 22 nitrogen and oxygen atoms in total. The average Bonchev–Trinajstić information content (AvgIpc) is 3.62. The molecule has 2 aliphatic rings. The van der Waals surface area contributed by atoms with Crippen molar-refractivity contribution in [3.05, 3.63) is 106 Å². The van der Waals surface area contributed by atoms with Crippen LogP contribution < -0.4 is 15.5 Å². The smallest absolute Gasteiger partial charge is 0.294 e. The SMILES string of the molecule is CC1(C)C(/C=C/C=C2/N(CCCCCC(=O)NCCC(=O)Nc3ccc(CN=[N+]=[N-])nc3)c3ccc(S(=O)(=O)[O-])cc3C2(C)CCCCS(=O)(=O)O)=[N+](CCCS(=O)(=O)O)c2ccc(S(=O)(=O)O)cc21. The maximum Gasteiger partial charge on any atom is 0.294 e. The minimum atomic E-state index is -4.92. The van der Waals surface area contributed by atoms with E-state index >= 15 is 0 Å². The summed E-state index contributed by atoms with van der Waals surface area (Å²) in [5, 5.41) is 8.85. The fourth-order valence-electron chi connectivity index (χ4n) is 8.70. The number of allylic oxidation sites excluding steroid dienone is 4. The molecule has 0 spiro atoms. The standard InChI is InChI=1S/C44H56N8O14S4/c1-43(2)35-27-33(69(61,62)63)16-18-37(35)51(24-10-26-68(58,59)60)39(43)11-9-12-40-44(3,21-6-8-25-67(55,56)57)36-28-34(70(64,65)66)17-19-38(36)52(40)23-7-4-5-13-41(53)46-22-20-42(54)49-32-15-14-31(47-29-32)30-48-50-45/h9,11-12,14-19,27-29H,4-8,10,13,20-26,30H2,1-3H3,(H5-,46,49,53,54,55,56,57,58,59,60,61,62,63,64,65,66). The number of carbonyl (C=O) groups excluding carboxylic acids is 2. The number of rotatable bonds is 25. The van der Waals surface area contributed by atoms with Crippen molar-refractivity contribution in [2.45, 2.75) is 106 Å². The number of carbonyl (C=O) groups is 2. The van der Waals surface area contributed by atoms with Crippen molar-refractivity contribution in [2.75, 3.05) is 41.4 Å².